The maximum absolute atomic E-state index is 8.31. The van der Waals surface area contributed by atoms with Crippen LogP contribution < -0.4 is 0 Å². The Kier molecular flexibility index (Phi) is 13.0. The Morgan fingerprint density at radius 1 is 1.25 bits per heavy atom. The summed E-state index contributed by atoms with van der Waals surface area (Å²) in [6.07, 6.45) is 7.14. The highest BCUT2D eigenvalue weighted by molar-refractivity contribution is 5.26. The molecule has 0 amide bonds. The number of aliphatic imine (C=N–C) groups is 1. The Morgan fingerprint density at radius 3 is 1.81 bits per heavy atom. The number of aliphatic hydroxyl groups is 1. The van der Waals surface area contributed by atoms with Gasteiger partial charge in [0.05, 0.1) is 0 Å². The first-order valence-corrected chi connectivity index (χ1v) is 6.08. The van der Waals surface area contributed by atoms with Crippen LogP contribution in [0.15, 0.2) is 29.6 Å². The van der Waals surface area contributed by atoms with Gasteiger partial charge in [0, 0.05) is 6.20 Å². The molecule has 0 heterocycles. The van der Waals surface area contributed by atoms with Crippen LogP contribution in [0.5, 0.6) is 0 Å². The van der Waals surface area contributed by atoms with E-state index in [1.165, 1.54) is 31.5 Å². The van der Waals surface area contributed by atoms with Crippen LogP contribution in [0.2, 0.25) is 0 Å². The Bertz CT molecular complexity index is 201. The molecule has 0 radical (unpaired) electrons. The van der Waals surface area contributed by atoms with Crippen molar-refractivity contribution in [1.82, 2.24) is 0 Å². The molecule has 2 heteroatoms. The minimum absolute atomic E-state index is 0.00704. The lowest BCUT2D eigenvalue weighted by atomic mass is 10.0. The van der Waals surface area contributed by atoms with Gasteiger partial charge in [-0.3, -0.25) is 4.99 Å². The third-order valence-corrected chi connectivity index (χ3v) is 2.66. The minimum atomic E-state index is -0.00704. The van der Waals surface area contributed by atoms with Crippen LogP contribution in [0.1, 0.15) is 47.0 Å². The fourth-order valence-corrected chi connectivity index (χ4v) is 1.47. The van der Waals surface area contributed by atoms with E-state index in [-0.39, 0.29) is 5.76 Å². The molecule has 1 fully saturated rings. The van der Waals surface area contributed by atoms with Gasteiger partial charge in [-0.1, -0.05) is 53.5 Å². The van der Waals surface area contributed by atoms with E-state index >= 15 is 0 Å². The van der Waals surface area contributed by atoms with Crippen LogP contribution in [-0.4, -0.2) is 11.8 Å². The molecular formula is C14H27NO. The van der Waals surface area contributed by atoms with Crippen molar-refractivity contribution in [3.05, 3.63) is 24.6 Å². The number of rotatable bonds is 2. The standard InChI is InChI=1S/C7H14.C5H7NO.C2H6/c1-6-4-3-5-7(6)2;1-5(7)3-4-6-2;1-2/h6-7H,3-5H2,1-2H3;3-4,7H,1-2H2;1-2H3/b;4-3-;. The van der Waals surface area contributed by atoms with Crippen LogP contribution in [0.3, 0.4) is 0 Å². The molecule has 2 atom stereocenters. The molecule has 0 aromatic heterocycles. The van der Waals surface area contributed by atoms with Crippen molar-refractivity contribution in [2.75, 3.05) is 0 Å². The summed E-state index contributed by atoms with van der Waals surface area (Å²) in [5, 5.41) is 8.31. The van der Waals surface area contributed by atoms with E-state index in [1.54, 1.807) is 0 Å². The first-order valence-electron chi connectivity index (χ1n) is 6.08. The monoisotopic (exact) mass is 225 g/mol. The fraction of sp³-hybridized carbons (Fsp3) is 0.643. The zero-order valence-corrected chi connectivity index (χ0v) is 11.2. The first kappa shape index (κ1) is 17.3. The topological polar surface area (TPSA) is 32.6 Å². The highest BCUT2D eigenvalue weighted by atomic mass is 16.3. The maximum Gasteiger partial charge on any atom is 0.109 e. The molecule has 0 aromatic carbocycles. The molecule has 1 rings (SSSR count). The molecular weight excluding hydrogens is 198 g/mol. The molecule has 0 saturated heterocycles. The van der Waals surface area contributed by atoms with Crippen molar-refractivity contribution in [3.63, 3.8) is 0 Å². The second-order valence-corrected chi connectivity index (χ2v) is 3.88. The van der Waals surface area contributed by atoms with Gasteiger partial charge in [0.2, 0.25) is 0 Å². The molecule has 1 saturated carbocycles. The smallest absolute Gasteiger partial charge is 0.109 e. The van der Waals surface area contributed by atoms with Gasteiger partial charge in [0.15, 0.2) is 0 Å². The molecule has 0 aliphatic heterocycles. The van der Waals surface area contributed by atoms with E-state index in [0.29, 0.717) is 0 Å². The Hall–Kier alpha value is -1.05. The lowest BCUT2D eigenvalue weighted by Gasteiger charge is -2.05. The molecule has 1 N–H and O–H groups in total. The van der Waals surface area contributed by atoms with Crippen LogP contribution in [0.25, 0.3) is 0 Å². The van der Waals surface area contributed by atoms with Gasteiger partial charge < -0.3 is 5.11 Å². The number of hydrogen-bond donors (Lipinski definition) is 1. The average Bonchev–Trinajstić information content (AvgIpc) is 2.64. The van der Waals surface area contributed by atoms with Crippen molar-refractivity contribution < 1.29 is 5.11 Å². The summed E-state index contributed by atoms with van der Waals surface area (Å²) in [6, 6.07) is 0. The fourth-order valence-electron chi connectivity index (χ4n) is 1.47. The van der Waals surface area contributed by atoms with Crippen LogP contribution in [0, 0.1) is 11.8 Å². The summed E-state index contributed by atoms with van der Waals surface area (Å²) >= 11 is 0. The summed E-state index contributed by atoms with van der Waals surface area (Å²) in [7, 11) is 0. The van der Waals surface area contributed by atoms with Crippen LogP contribution in [-0.2, 0) is 0 Å². The van der Waals surface area contributed by atoms with Gasteiger partial charge in [-0.05, 0) is 24.6 Å². The predicted octanol–water partition coefficient (Wildman–Crippen LogP) is 4.74. The quantitative estimate of drug-likeness (QED) is 0.411. The normalized spacial score (nSPS) is 22.8. The van der Waals surface area contributed by atoms with E-state index < -0.39 is 0 Å². The molecule has 0 bridgehead atoms. The average molecular weight is 225 g/mol. The largest absolute Gasteiger partial charge is 0.509 e. The van der Waals surface area contributed by atoms with E-state index in [9.17, 15) is 0 Å². The Morgan fingerprint density at radius 2 is 1.69 bits per heavy atom. The second kappa shape index (κ2) is 12.0. The van der Waals surface area contributed by atoms with E-state index in [2.05, 4.69) is 32.1 Å². The zero-order chi connectivity index (χ0) is 13.0. The molecule has 94 valence electrons. The number of nitrogens with zero attached hydrogens (tertiary/aromatic N) is 1. The van der Waals surface area contributed by atoms with Crippen molar-refractivity contribution >= 4 is 6.72 Å². The van der Waals surface area contributed by atoms with Gasteiger partial charge >= 0.3 is 0 Å². The summed E-state index contributed by atoms with van der Waals surface area (Å²) in [5.74, 6) is 2.02. The number of aliphatic hydroxyl groups excluding tert-OH is 1. The predicted molar refractivity (Wildman–Crippen MR) is 74.0 cm³/mol. The molecule has 0 spiro atoms. The summed E-state index contributed by atoms with van der Waals surface area (Å²) in [5.41, 5.74) is 0. The van der Waals surface area contributed by atoms with Crippen molar-refractivity contribution in [3.8, 4) is 0 Å². The lowest BCUT2D eigenvalue weighted by Crippen LogP contribution is -1.95. The highest BCUT2D eigenvalue weighted by Gasteiger charge is 2.17. The van der Waals surface area contributed by atoms with Gasteiger partial charge in [0.1, 0.15) is 5.76 Å². The van der Waals surface area contributed by atoms with Crippen LogP contribution in [0.4, 0.5) is 0 Å². The summed E-state index contributed by atoms with van der Waals surface area (Å²) in [4.78, 5) is 3.32. The Labute approximate surface area is 101 Å². The highest BCUT2D eigenvalue weighted by Crippen LogP contribution is 2.29. The van der Waals surface area contributed by atoms with Gasteiger partial charge in [-0.25, -0.2) is 0 Å². The first-order chi connectivity index (χ1) is 7.57. The number of hydrogen-bond acceptors (Lipinski definition) is 2. The molecule has 2 unspecified atom stereocenters. The Balaban J connectivity index is 0. The third kappa shape index (κ3) is 11.0. The number of allylic oxidation sites excluding steroid dienone is 1. The minimum Gasteiger partial charge on any atom is -0.509 e. The maximum atomic E-state index is 8.31. The molecule has 0 aromatic rings. The SMILES string of the molecule is C=N/C=C\C(=C)O.CC.CC1CCCC1C. The van der Waals surface area contributed by atoms with Crippen molar-refractivity contribution in [2.24, 2.45) is 16.8 Å². The van der Waals surface area contributed by atoms with Gasteiger partial charge in [0.25, 0.3) is 0 Å². The van der Waals surface area contributed by atoms with Crippen LogP contribution >= 0.6 is 0 Å². The lowest BCUT2D eigenvalue weighted by molar-refractivity contribution is 0.435. The van der Waals surface area contributed by atoms with Gasteiger partial charge in [-0.15, -0.1) is 0 Å². The van der Waals surface area contributed by atoms with E-state index in [0.717, 1.165) is 11.8 Å². The summed E-state index contributed by atoms with van der Waals surface area (Å²) in [6.45, 7) is 15.0. The molecule has 1 aliphatic carbocycles. The molecule has 1 aliphatic rings. The van der Waals surface area contributed by atoms with Crippen molar-refractivity contribution in [2.45, 2.75) is 47.0 Å². The molecule has 2 nitrogen and oxygen atoms in total. The second-order valence-electron chi connectivity index (χ2n) is 3.88. The summed E-state index contributed by atoms with van der Waals surface area (Å²) < 4.78 is 0. The van der Waals surface area contributed by atoms with Crippen molar-refractivity contribution in [1.29, 1.82) is 0 Å². The van der Waals surface area contributed by atoms with E-state index in [1.807, 2.05) is 13.8 Å². The molecule has 16 heavy (non-hydrogen) atoms. The van der Waals surface area contributed by atoms with Gasteiger partial charge in [-0.2, -0.15) is 0 Å². The third-order valence-electron chi connectivity index (χ3n) is 2.66. The zero-order valence-electron chi connectivity index (χ0n) is 11.2. The van der Waals surface area contributed by atoms with E-state index in [4.69, 9.17) is 5.11 Å².